The van der Waals surface area contributed by atoms with E-state index in [4.69, 9.17) is 15.0 Å². The van der Waals surface area contributed by atoms with Gasteiger partial charge < -0.3 is 15.0 Å². The Morgan fingerprint density at radius 1 is 1.75 bits per heavy atom. The summed E-state index contributed by atoms with van der Waals surface area (Å²) in [5.74, 6) is 1.63. The summed E-state index contributed by atoms with van der Waals surface area (Å²) in [6.07, 6.45) is 0. The van der Waals surface area contributed by atoms with Gasteiger partial charge in [0, 0.05) is 17.6 Å². The Morgan fingerprint density at radius 3 is 3.06 bits per heavy atom. The molecule has 1 heterocycles. The van der Waals surface area contributed by atoms with E-state index in [1.807, 2.05) is 13.0 Å². The monoisotopic (exact) mass is 244 g/mol. The number of hydrogen-bond acceptors (Lipinski definition) is 6. The van der Waals surface area contributed by atoms with Gasteiger partial charge in [0.15, 0.2) is 0 Å². The number of nitrogens with two attached hydrogens (primary N) is 1. The van der Waals surface area contributed by atoms with Crippen LogP contribution in [0.4, 0.5) is 0 Å². The molecule has 0 saturated carbocycles. The molecule has 1 rings (SSSR count). The van der Waals surface area contributed by atoms with E-state index < -0.39 is 6.04 Å². The second-order valence-electron chi connectivity index (χ2n) is 3.30. The smallest absolute Gasteiger partial charge is 0.323 e. The van der Waals surface area contributed by atoms with Gasteiger partial charge in [0.05, 0.1) is 12.3 Å². The highest BCUT2D eigenvalue weighted by Crippen LogP contribution is 2.12. The maximum Gasteiger partial charge on any atom is 0.323 e. The predicted molar refractivity (Wildman–Crippen MR) is 62.0 cm³/mol. The summed E-state index contributed by atoms with van der Waals surface area (Å²) >= 11 is 1.53. The van der Waals surface area contributed by atoms with Gasteiger partial charge in [-0.25, -0.2) is 0 Å². The first kappa shape index (κ1) is 13.1. The lowest BCUT2D eigenvalue weighted by Gasteiger charge is -2.08. The zero-order valence-corrected chi connectivity index (χ0v) is 10.3. The van der Waals surface area contributed by atoms with E-state index in [1.165, 1.54) is 11.8 Å². The third kappa shape index (κ3) is 4.24. The number of carbonyl (C=O) groups is 1. The Morgan fingerprint density at radius 2 is 2.50 bits per heavy atom. The SMILES string of the molecule is CCOC(=O)C(N)CSCc1cc(C)on1. The fourth-order valence-corrected chi connectivity index (χ4v) is 1.95. The van der Waals surface area contributed by atoms with Crippen LogP contribution < -0.4 is 5.73 Å². The third-order valence-electron chi connectivity index (χ3n) is 1.81. The Bertz CT molecular complexity index is 341. The molecular formula is C10H16N2O3S. The molecule has 1 aromatic heterocycles. The van der Waals surface area contributed by atoms with Crippen LogP contribution in [-0.2, 0) is 15.3 Å². The number of aromatic nitrogens is 1. The molecular weight excluding hydrogens is 228 g/mol. The van der Waals surface area contributed by atoms with Crippen LogP contribution in [0, 0.1) is 6.92 Å². The van der Waals surface area contributed by atoms with Gasteiger partial charge >= 0.3 is 5.97 Å². The van der Waals surface area contributed by atoms with Crippen LogP contribution in [0.5, 0.6) is 0 Å². The lowest BCUT2D eigenvalue weighted by Crippen LogP contribution is -2.34. The summed E-state index contributed by atoms with van der Waals surface area (Å²) < 4.78 is 9.72. The number of aryl methyl sites for hydroxylation is 1. The van der Waals surface area contributed by atoms with Crippen LogP contribution in [0.2, 0.25) is 0 Å². The Kier molecular flexibility index (Phi) is 5.34. The number of rotatable bonds is 6. The number of ether oxygens (including phenoxy) is 1. The average Bonchev–Trinajstić information content (AvgIpc) is 2.64. The van der Waals surface area contributed by atoms with Crippen molar-refractivity contribution in [1.29, 1.82) is 0 Å². The van der Waals surface area contributed by atoms with Crippen LogP contribution in [0.1, 0.15) is 18.4 Å². The summed E-state index contributed by atoms with van der Waals surface area (Å²) in [4.78, 5) is 11.2. The van der Waals surface area contributed by atoms with Crippen LogP contribution in [0.25, 0.3) is 0 Å². The van der Waals surface area contributed by atoms with Crippen molar-refractivity contribution in [3.05, 3.63) is 17.5 Å². The lowest BCUT2D eigenvalue weighted by atomic mass is 10.4. The molecule has 0 aliphatic heterocycles. The van der Waals surface area contributed by atoms with Crippen molar-refractivity contribution in [2.75, 3.05) is 12.4 Å². The second kappa shape index (κ2) is 6.55. The molecule has 1 atom stereocenters. The zero-order chi connectivity index (χ0) is 12.0. The quantitative estimate of drug-likeness (QED) is 0.755. The molecule has 90 valence electrons. The summed E-state index contributed by atoms with van der Waals surface area (Å²) in [6.45, 7) is 3.96. The molecule has 0 saturated heterocycles. The lowest BCUT2D eigenvalue weighted by molar-refractivity contribution is -0.144. The Balaban J connectivity index is 2.22. The zero-order valence-electron chi connectivity index (χ0n) is 9.43. The summed E-state index contributed by atoms with van der Waals surface area (Å²) in [7, 11) is 0. The van der Waals surface area contributed by atoms with Gasteiger partial charge in [-0.15, -0.1) is 0 Å². The van der Waals surface area contributed by atoms with Crippen LogP contribution in [0.3, 0.4) is 0 Å². The number of carbonyl (C=O) groups excluding carboxylic acids is 1. The molecule has 2 N–H and O–H groups in total. The molecule has 6 heteroatoms. The highest BCUT2D eigenvalue weighted by molar-refractivity contribution is 7.98. The number of thioether (sulfide) groups is 1. The van der Waals surface area contributed by atoms with Crippen molar-refractivity contribution < 1.29 is 14.1 Å². The molecule has 0 spiro atoms. The minimum Gasteiger partial charge on any atom is -0.465 e. The number of nitrogens with zero attached hydrogens (tertiary/aromatic N) is 1. The highest BCUT2D eigenvalue weighted by atomic mass is 32.2. The number of esters is 1. The van der Waals surface area contributed by atoms with Crippen molar-refractivity contribution in [3.8, 4) is 0 Å². The molecule has 0 aromatic carbocycles. The first-order valence-electron chi connectivity index (χ1n) is 5.05. The third-order valence-corrected chi connectivity index (χ3v) is 2.91. The normalized spacial score (nSPS) is 12.4. The Hall–Kier alpha value is -1.01. The number of hydrogen-bond donors (Lipinski definition) is 1. The summed E-state index contributed by atoms with van der Waals surface area (Å²) in [6, 6.07) is 1.29. The van der Waals surface area contributed by atoms with Gasteiger partial charge in [-0.2, -0.15) is 11.8 Å². The fourth-order valence-electron chi connectivity index (χ4n) is 1.09. The van der Waals surface area contributed by atoms with E-state index in [-0.39, 0.29) is 5.97 Å². The summed E-state index contributed by atoms with van der Waals surface area (Å²) in [5, 5.41) is 3.84. The van der Waals surface area contributed by atoms with E-state index in [0.717, 1.165) is 11.5 Å². The molecule has 1 aromatic rings. The largest absolute Gasteiger partial charge is 0.465 e. The summed E-state index contributed by atoms with van der Waals surface area (Å²) in [5.41, 5.74) is 6.49. The molecule has 0 amide bonds. The van der Waals surface area contributed by atoms with E-state index in [9.17, 15) is 4.79 Å². The minimum absolute atomic E-state index is 0.355. The van der Waals surface area contributed by atoms with E-state index in [1.54, 1.807) is 6.92 Å². The van der Waals surface area contributed by atoms with Crippen molar-refractivity contribution in [1.82, 2.24) is 5.16 Å². The van der Waals surface area contributed by atoms with Gasteiger partial charge in [-0.05, 0) is 13.8 Å². The van der Waals surface area contributed by atoms with Crippen molar-refractivity contribution in [2.45, 2.75) is 25.6 Å². The maximum absolute atomic E-state index is 11.2. The van der Waals surface area contributed by atoms with E-state index >= 15 is 0 Å². The average molecular weight is 244 g/mol. The first-order chi connectivity index (χ1) is 7.63. The van der Waals surface area contributed by atoms with Crippen LogP contribution in [0.15, 0.2) is 10.6 Å². The van der Waals surface area contributed by atoms with E-state index in [0.29, 0.717) is 18.1 Å². The molecule has 5 nitrogen and oxygen atoms in total. The maximum atomic E-state index is 11.2. The van der Waals surface area contributed by atoms with Crippen LogP contribution >= 0.6 is 11.8 Å². The van der Waals surface area contributed by atoms with E-state index in [2.05, 4.69) is 5.16 Å². The molecule has 1 unspecified atom stereocenters. The minimum atomic E-state index is -0.571. The van der Waals surface area contributed by atoms with Gasteiger partial charge in [0.25, 0.3) is 0 Å². The van der Waals surface area contributed by atoms with Crippen molar-refractivity contribution >= 4 is 17.7 Å². The van der Waals surface area contributed by atoms with Gasteiger partial charge in [0.2, 0.25) is 0 Å². The fraction of sp³-hybridized carbons (Fsp3) is 0.600. The van der Waals surface area contributed by atoms with Crippen LogP contribution in [-0.4, -0.2) is 29.5 Å². The topological polar surface area (TPSA) is 78.4 Å². The second-order valence-corrected chi connectivity index (χ2v) is 4.33. The molecule has 0 radical (unpaired) electrons. The predicted octanol–water partition coefficient (Wildman–Crippen LogP) is 1.11. The molecule has 0 fully saturated rings. The highest BCUT2D eigenvalue weighted by Gasteiger charge is 2.14. The van der Waals surface area contributed by atoms with Gasteiger partial charge in [0.1, 0.15) is 11.8 Å². The molecule has 0 aliphatic rings. The molecule has 0 aliphatic carbocycles. The van der Waals surface area contributed by atoms with Crippen molar-refractivity contribution in [3.63, 3.8) is 0 Å². The molecule has 16 heavy (non-hydrogen) atoms. The first-order valence-corrected chi connectivity index (χ1v) is 6.21. The van der Waals surface area contributed by atoms with Gasteiger partial charge in [-0.3, -0.25) is 4.79 Å². The Labute approximate surface area is 98.7 Å². The van der Waals surface area contributed by atoms with Gasteiger partial charge in [-0.1, -0.05) is 5.16 Å². The van der Waals surface area contributed by atoms with Crippen molar-refractivity contribution in [2.24, 2.45) is 5.73 Å². The molecule has 0 bridgehead atoms. The standard InChI is InChI=1S/C10H16N2O3S/c1-3-14-10(13)9(11)6-16-5-8-4-7(2)15-12-8/h4,9H,3,5-6,11H2,1-2H3.